The van der Waals surface area contributed by atoms with Crippen molar-refractivity contribution in [3.05, 3.63) is 52.0 Å². The molecule has 0 unspecified atom stereocenters. The highest BCUT2D eigenvalue weighted by molar-refractivity contribution is 9.10. The number of carbonyl (C=O) groups excluding carboxylic acids is 1. The summed E-state index contributed by atoms with van der Waals surface area (Å²) < 4.78 is 0.896. The molecule has 0 aromatic heterocycles. The van der Waals surface area contributed by atoms with Crippen LogP contribution in [0.3, 0.4) is 0 Å². The molecule has 0 spiro atoms. The van der Waals surface area contributed by atoms with Gasteiger partial charge in [-0.3, -0.25) is 9.79 Å². The molecule has 2 aromatic rings. The van der Waals surface area contributed by atoms with Crippen molar-refractivity contribution < 1.29 is 9.90 Å². The highest BCUT2D eigenvalue weighted by Gasteiger charge is 2.20. The maximum Gasteiger partial charge on any atom is 0.221 e. The number of nitrogens with one attached hydrogen (secondary N) is 1. The maximum atomic E-state index is 11.0. The van der Waals surface area contributed by atoms with Gasteiger partial charge < -0.3 is 10.4 Å². The van der Waals surface area contributed by atoms with E-state index in [1.807, 2.05) is 24.3 Å². The first-order valence-corrected chi connectivity index (χ1v) is 8.41. The van der Waals surface area contributed by atoms with Gasteiger partial charge in [-0.05, 0) is 41.8 Å². The van der Waals surface area contributed by atoms with Crippen LogP contribution in [-0.2, 0) is 10.2 Å². The lowest BCUT2D eigenvalue weighted by Gasteiger charge is -2.21. The molecule has 0 aliphatic carbocycles. The number of phenolic OH excluding ortho intramolecular Hbond substituents is 1. The third-order valence-corrected chi connectivity index (χ3v) is 3.91. The Labute approximate surface area is 150 Å². The Hall–Kier alpha value is -2.14. The molecule has 4 nitrogen and oxygen atoms in total. The Morgan fingerprint density at radius 1 is 1.21 bits per heavy atom. The number of benzene rings is 2. The highest BCUT2D eigenvalue weighted by atomic mass is 79.9. The number of halogens is 1. The largest absolute Gasteiger partial charge is 0.507 e. The van der Waals surface area contributed by atoms with Gasteiger partial charge in [0, 0.05) is 34.4 Å². The molecule has 0 atom stereocenters. The van der Waals surface area contributed by atoms with Crippen LogP contribution < -0.4 is 5.32 Å². The molecule has 126 valence electrons. The van der Waals surface area contributed by atoms with Crippen molar-refractivity contribution in [1.82, 2.24) is 0 Å². The molecular weight excluding hydrogens is 368 g/mol. The maximum absolute atomic E-state index is 11.0. The Morgan fingerprint density at radius 3 is 2.38 bits per heavy atom. The summed E-state index contributed by atoms with van der Waals surface area (Å²) in [6.45, 7) is 7.62. The van der Waals surface area contributed by atoms with Crippen molar-refractivity contribution in [2.75, 3.05) is 5.32 Å². The summed E-state index contributed by atoms with van der Waals surface area (Å²) in [4.78, 5) is 15.4. The van der Waals surface area contributed by atoms with Gasteiger partial charge in [0.25, 0.3) is 0 Å². The minimum absolute atomic E-state index is 0.111. The van der Waals surface area contributed by atoms with E-state index >= 15 is 0 Å². The Kier molecular flexibility index (Phi) is 5.44. The van der Waals surface area contributed by atoms with Crippen LogP contribution in [0.1, 0.15) is 38.8 Å². The first-order valence-electron chi connectivity index (χ1n) is 7.61. The van der Waals surface area contributed by atoms with Crippen molar-refractivity contribution >= 4 is 39.4 Å². The van der Waals surface area contributed by atoms with Gasteiger partial charge in [-0.15, -0.1) is 0 Å². The molecule has 0 saturated carbocycles. The van der Waals surface area contributed by atoms with Crippen molar-refractivity contribution in [3.8, 4) is 5.75 Å². The van der Waals surface area contributed by atoms with E-state index in [0.29, 0.717) is 5.56 Å². The molecule has 0 bridgehead atoms. The van der Waals surface area contributed by atoms with Crippen LogP contribution >= 0.6 is 15.9 Å². The topological polar surface area (TPSA) is 61.7 Å². The van der Waals surface area contributed by atoms with Gasteiger partial charge in [0.05, 0.1) is 5.69 Å². The Balaban J connectivity index is 2.29. The molecule has 1 amide bonds. The second-order valence-electron chi connectivity index (χ2n) is 6.63. The number of anilines is 1. The zero-order chi connectivity index (χ0) is 17.9. The SMILES string of the molecule is CC(=O)Nc1ccc(N=Cc2cc(Br)cc(C(C)(C)C)c2O)cc1. The molecule has 2 aromatic carbocycles. The molecule has 5 heteroatoms. The quantitative estimate of drug-likeness (QED) is 0.713. The van der Waals surface area contributed by atoms with E-state index in [1.165, 1.54) is 6.92 Å². The van der Waals surface area contributed by atoms with Crippen LogP contribution in [-0.4, -0.2) is 17.2 Å². The number of rotatable bonds is 3. The lowest BCUT2D eigenvalue weighted by Crippen LogP contribution is -2.12. The minimum atomic E-state index is -0.170. The number of aliphatic imine (C=N–C) groups is 1. The number of hydrogen-bond acceptors (Lipinski definition) is 3. The Morgan fingerprint density at radius 2 is 1.83 bits per heavy atom. The van der Waals surface area contributed by atoms with E-state index in [4.69, 9.17) is 0 Å². The van der Waals surface area contributed by atoms with Gasteiger partial charge in [0.2, 0.25) is 5.91 Å². The number of nitrogens with zero attached hydrogens (tertiary/aromatic N) is 1. The van der Waals surface area contributed by atoms with E-state index in [-0.39, 0.29) is 17.1 Å². The molecule has 2 N–H and O–H groups in total. The number of phenols is 1. The summed E-state index contributed by atoms with van der Waals surface area (Å²) in [6.07, 6.45) is 1.64. The monoisotopic (exact) mass is 388 g/mol. The van der Waals surface area contributed by atoms with Crippen LogP contribution in [0.15, 0.2) is 45.9 Å². The number of amides is 1. The fourth-order valence-corrected chi connectivity index (χ4v) is 2.74. The van der Waals surface area contributed by atoms with Gasteiger partial charge in [0.15, 0.2) is 0 Å². The molecule has 0 radical (unpaired) electrons. The normalized spacial score (nSPS) is 11.7. The fourth-order valence-electron chi connectivity index (χ4n) is 2.27. The van der Waals surface area contributed by atoms with E-state index in [0.717, 1.165) is 21.4 Å². The third kappa shape index (κ3) is 4.68. The predicted octanol–water partition coefficient (Wildman–Crippen LogP) is 5.16. The van der Waals surface area contributed by atoms with Crippen LogP contribution in [0.5, 0.6) is 5.75 Å². The van der Waals surface area contributed by atoms with Gasteiger partial charge in [-0.25, -0.2) is 0 Å². The summed E-state index contributed by atoms with van der Waals surface area (Å²) in [5.74, 6) is 0.129. The first-order chi connectivity index (χ1) is 11.2. The average molecular weight is 389 g/mol. The van der Waals surface area contributed by atoms with Crippen molar-refractivity contribution in [2.45, 2.75) is 33.1 Å². The molecule has 2 rings (SSSR count). The number of hydrogen-bond donors (Lipinski definition) is 2. The lowest BCUT2D eigenvalue weighted by atomic mass is 9.85. The molecule has 0 saturated heterocycles. The van der Waals surface area contributed by atoms with Crippen molar-refractivity contribution in [2.24, 2.45) is 4.99 Å². The van der Waals surface area contributed by atoms with Gasteiger partial charge in [-0.2, -0.15) is 0 Å². The molecule has 0 aliphatic rings. The number of aromatic hydroxyl groups is 1. The van der Waals surface area contributed by atoms with Crippen molar-refractivity contribution in [3.63, 3.8) is 0 Å². The third-order valence-electron chi connectivity index (χ3n) is 3.45. The summed E-state index contributed by atoms with van der Waals surface area (Å²) in [6, 6.07) is 10.9. The van der Waals surface area contributed by atoms with Crippen LogP contribution in [0, 0.1) is 0 Å². The summed E-state index contributed by atoms with van der Waals surface area (Å²) in [5, 5.41) is 13.2. The Bertz CT molecular complexity index is 775. The predicted molar refractivity (Wildman–Crippen MR) is 103 cm³/mol. The molecule has 0 fully saturated rings. The molecule has 0 aliphatic heterocycles. The second-order valence-corrected chi connectivity index (χ2v) is 7.54. The highest BCUT2D eigenvalue weighted by Crippen LogP contribution is 2.35. The standard InChI is InChI=1S/C19H21BrN2O2/c1-12(23)22-16-7-5-15(6-8-16)21-11-13-9-14(20)10-17(18(13)24)19(2,3)4/h5-11,24H,1-4H3,(H,22,23). The summed E-state index contributed by atoms with van der Waals surface area (Å²) in [5.41, 5.74) is 2.80. The van der Waals surface area contributed by atoms with E-state index in [2.05, 4.69) is 47.0 Å². The van der Waals surface area contributed by atoms with E-state index in [1.54, 1.807) is 18.3 Å². The lowest BCUT2D eigenvalue weighted by molar-refractivity contribution is -0.114. The smallest absolute Gasteiger partial charge is 0.221 e. The zero-order valence-corrected chi connectivity index (χ0v) is 15.8. The molecule has 0 heterocycles. The van der Waals surface area contributed by atoms with E-state index in [9.17, 15) is 9.90 Å². The average Bonchev–Trinajstić information content (AvgIpc) is 2.47. The van der Waals surface area contributed by atoms with Gasteiger partial charge in [0.1, 0.15) is 5.75 Å². The van der Waals surface area contributed by atoms with Gasteiger partial charge in [-0.1, -0.05) is 36.7 Å². The molecular formula is C19H21BrN2O2. The number of carbonyl (C=O) groups is 1. The summed E-state index contributed by atoms with van der Waals surface area (Å²) >= 11 is 3.49. The second kappa shape index (κ2) is 7.18. The molecule has 24 heavy (non-hydrogen) atoms. The minimum Gasteiger partial charge on any atom is -0.507 e. The van der Waals surface area contributed by atoms with E-state index < -0.39 is 0 Å². The zero-order valence-electron chi connectivity index (χ0n) is 14.2. The summed E-state index contributed by atoms with van der Waals surface area (Å²) in [7, 11) is 0. The first kappa shape index (κ1) is 18.2. The fraction of sp³-hybridized carbons (Fsp3) is 0.263. The van der Waals surface area contributed by atoms with Crippen LogP contribution in [0.25, 0.3) is 0 Å². The van der Waals surface area contributed by atoms with Crippen molar-refractivity contribution in [1.29, 1.82) is 0 Å². The van der Waals surface area contributed by atoms with Crippen LogP contribution in [0.2, 0.25) is 0 Å². The van der Waals surface area contributed by atoms with Gasteiger partial charge >= 0.3 is 0 Å². The van der Waals surface area contributed by atoms with Crippen LogP contribution in [0.4, 0.5) is 11.4 Å².